The lowest BCUT2D eigenvalue weighted by molar-refractivity contribution is 0.781. The van der Waals surface area contributed by atoms with Crippen LogP contribution in [-0.4, -0.2) is 4.98 Å². The molecule has 0 radical (unpaired) electrons. The van der Waals surface area contributed by atoms with Crippen LogP contribution < -0.4 is 0 Å². The molecule has 3 nitrogen and oxygen atoms in total. The van der Waals surface area contributed by atoms with E-state index in [1.54, 1.807) is 0 Å². The van der Waals surface area contributed by atoms with E-state index in [0.717, 1.165) is 6.54 Å². The van der Waals surface area contributed by atoms with E-state index >= 15 is 0 Å². The largest absolute Gasteiger partial charge is 0.357 e. The minimum Gasteiger partial charge on any atom is -0.357 e. The summed E-state index contributed by atoms with van der Waals surface area (Å²) in [5.74, 6) is 0. The molecule has 3 heteroatoms. The van der Waals surface area contributed by atoms with Crippen LogP contribution in [0.3, 0.4) is 0 Å². The number of hydrogen-bond acceptors (Lipinski definition) is 2. The molecule has 0 bridgehead atoms. The standard InChI is InChI=1S/C10H9N3/c1-2-4-9-7(3-1)8-5-11-12-6-10(8)13-9/h1-4,13H,5-6H2. The molecule has 1 aromatic heterocycles. The van der Waals surface area contributed by atoms with Crippen LogP contribution in [0.2, 0.25) is 0 Å². The molecule has 3 rings (SSSR count). The van der Waals surface area contributed by atoms with Gasteiger partial charge in [-0.15, -0.1) is 0 Å². The molecule has 64 valence electrons. The van der Waals surface area contributed by atoms with Crippen LogP contribution in [0.25, 0.3) is 10.9 Å². The first-order valence-corrected chi connectivity index (χ1v) is 4.37. The molecule has 2 heterocycles. The van der Waals surface area contributed by atoms with E-state index < -0.39 is 0 Å². The van der Waals surface area contributed by atoms with Gasteiger partial charge in [0.2, 0.25) is 0 Å². The Hall–Kier alpha value is -1.64. The average Bonchev–Trinajstić information content (AvgIpc) is 2.56. The predicted molar refractivity (Wildman–Crippen MR) is 50.6 cm³/mol. The van der Waals surface area contributed by atoms with Crippen LogP contribution in [0.5, 0.6) is 0 Å². The van der Waals surface area contributed by atoms with Crippen LogP contribution in [0.4, 0.5) is 0 Å². The Morgan fingerprint density at radius 1 is 1.08 bits per heavy atom. The van der Waals surface area contributed by atoms with Crippen molar-refractivity contribution in [3.8, 4) is 0 Å². The molecular formula is C10H9N3. The molecule has 1 N–H and O–H groups in total. The van der Waals surface area contributed by atoms with E-state index in [1.807, 2.05) is 6.07 Å². The number of hydrogen-bond donors (Lipinski definition) is 1. The van der Waals surface area contributed by atoms with Crippen LogP contribution in [0.1, 0.15) is 11.3 Å². The summed E-state index contributed by atoms with van der Waals surface area (Å²) >= 11 is 0. The van der Waals surface area contributed by atoms with Gasteiger partial charge in [-0.25, -0.2) is 0 Å². The molecule has 1 aromatic carbocycles. The second-order valence-electron chi connectivity index (χ2n) is 3.23. The Morgan fingerprint density at radius 2 is 1.92 bits per heavy atom. The summed E-state index contributed by atoms with van der Waals surface area (Å²) in [6.07, 6.45) is 0. The molecule has 0 saturated heterocycles. The van der Waals surface area contributed by atoms with Gasteiger partial charge in [-0.3, -0.25) is 0 Å². The SMILES string of the molecule is c1ccc2c3c([nH]c2c1)CN=NC3. The number of benzene rings is 1. The van der Waals surface area contributed by atoms with Crippen molar-refractivity contribution in [1.82, 2.24) is 4.98 Å². The number of aromatic amines is 1. The molecule has 0 fully saturated rings. The maximum atomic E-state index is 4.05. The normalized spacial score (nSPS) is 14.8. The fourth-order valence-corrected chi connectivity index (χ4v) is 1.81. The zero-order chi connectivity index (χ0) is 8.67. The molecule has 0 unspecified atom stereocenters. The van der Waals surface area contributed by atoms with Crippen molar-refractivity contribution in [2.75, 3.05) is 0 Å². The van der Waals surface area contributed by atoms with E-state index in [9.17, 15) is 0 Å². The first-order chi connectivity index (χ1) is 6.45. The fourth-order valence-electron chi connectivity index (χ4n) is 1.81. The number of nitrogens with one attached hydrogen (secondary N) is 1. The molecule has 0 amide bonds. The maximum absolute atomic E-state index is 4.05. The first-order valence-electron chi connectivity index (χ1n) is 4.37. The molecule has 0 spiro atoms. The van der Waals surface area contributed by atoms with Gasteiger partial charge in [0, 0.05) is 22.2 Å². The minimum absolute atomic E-state index is 0.698. The summed E-state index contributed by atoms with van der Waals surface area (Å²) in [6.45, 7) is 1.42. The lowest BCUT2D eigenvalue weighted by Crippen LogP contribution is -1.93. The Balaban J connectivity index is 2.37. The summed E-state index contributed by atoms with van der Waals surface area (Å²) in [5.41, 5.74) is 3.72. The quantitative estimate of drug-likeness (QED) is 0.633. The summed E-state index contributed by atoms with van der Waals surface area (Å²) < 4.78 is 0. The summed E-state index contributed by atoms with van der Waals surface area (Å²) in [6, 6.07) is 8.32. The van der Waals surface area contributed by atoms with Crippen molar-refractivity contribution < 1.29 is 0 Å². The lowest BCUT2D eigenvalue weighted by Gasteiger charge is -2.02. The number of aromatic nitrogens is 1. The smallest absolute Gasteiger partial charge is 0.100 e. The number of para-hydroxylation sites is 1. The van der Waals surface area contributed by atoms with Gasteiger partial charge >= 0.3 is 0 Å². The molecule has 0 atom stereocenters. The summed E-state index contributed by atoms with van der Waals surface area (Å²) in [5, 5.41) is 9.34. The molecule has 13 heavy (non-hydrogen) atoms. The van der Waals surface area contributed by atoms with Gasteiger partial charge in [0.15, 0.2) is 0 Å². The van der Waals surface area contributed by atoms with Gasteiger partial charge in [-0.1, -0.05) is 18.2 Å². The molecule has 1 aliphatic heterocycles. The Bertz CT molecular complexity index is 482. The Labute approximate surface area is 75.5 Å². The zero-order valence-electron chi connectivity index (χ0n) is 7.12. The van der Waals surface area contributed by atoms with Crippen LogP contribution >= 0.6 is 0 Å². The van der Waals surface area contributed by atoms with Crippen LogP contribution in [-0.2, 0) is 13.1 Å². The zero-order valence-corrected chi connectivity index (χ0v) is 7.12. The maximum Gasteiger partial charge on any atom is 0.100 e. The molecule has 0 saturated carbocycles. The summed E-state index contributed by atoms with van der Waals surface area (Å²) in [7, 11) is 0. The minimum atomic E-state index is 0.698. The van der Waals surface area contributed by atoms with E-state index in [0.29, 0.717) is 6.54 Å². The van der Waals surface area contributed by atoms with Gasteiger partial charge in [0.25, 0.3) is 0 Å². The molecule has 0 aliphatic carbocycles. The fraction of sp³-hybridized carbons (Fsp3) is 0.200. The number of azo groups is 1. The van der Waals surface area contributed by atoms with E-state index in [1.165, 1.54) is 22.2 Å². The highest BCUT2D eigenvalue weighted by molar-refractivity contribution is 5.84. The molecule has 1 aliphatic rings. The third-order valence-corrected chi connectivity index (χ3v) is 2.46. The van der Waals surface area contributed by atoms with Crippen LogP contribution in [0.15, 0.2) is 34.5 Å². The lowest BCUT2D eigenvalue weighted by atomic mass is 10.1. The monoisotopic (exact) mass is 171 g/mol. The molecular weight excluding hydrogens is 162 g/mol. The van der Waals surface area contributed by atoms with Crippen molar-refractivity contribution in [2.24, 2.45) is 10.2 Å². The second kappa shape index (κ2) is 2.42. The van der Waals surface area contributed by atoms with Gasteiger partial charge in [0.1, 0.15) is 6.54 Å². The van der Waals surface area contributed by atoms with E-state index in [4.69, 9.17) is 0 Å². The van der Waals surface area contributed by atoms with Crippen molar-refractivity contribution >= 4 is 10.9 Å². The van der Waals surface area contributed by atoms with Gasteiger partial charge in [-0.05, 0) is 6.07 Å². The number of nitrogens with zero attached hydrogens (tertiary/aromatic N) is 2. The summed E-state index contributed by atoms with van der Waals surface area (Å²) in [4.78, 5) is 3.36. The third-order valence-electron chi connectivity index (χ3n) is 2.46. The van der Waals surface area contributed by atoms with Crippen molar-refractivity contribution in [3.05, 3.63) is 35.5 Å². The number of fused-ring (bicyclic) bond motifs is 3. The Kier molecular flexibility index (Phi) is 1.27. The highest BCUT2D eigenvalue weighted by atomic mass is 15.1. The Morgan fingerprint density at radius 3 is 2.92 bits per heavy atom. The van der Waals surface area contributed by atoms with Crippen molar-refractivity contribution in [2.45, 2.75) is 13.1 Å². The number of H-pyrrole nitrogens is 1. The molecule has 2 aromatic rings. The van der Waals surface area contributed by atoms with E-state index in [2.05, 4.69) is 33.4 Å². The van der Waals surface area contributed by atoms with Gasteiger partial charge < -0.3 is 4.98 Å². The van der Waals surface area contributed by atoms with Gasteiger partial charge in [-0.2, -0.15) is 10.2 Å². The topological polar surface area (TPSA) is 40.5 Å². The predicted octanol–water partition coefficient (Wildman–Crippen LogP) is 2.63. The van der Waals surface area contributed by atoms with Crippen molar-refractivity contribution in [1.29, 1.82) is 0 Å². The highest BCUT2D eigenvalue weighted by Gasteiger charge is 2.12. The van der Waals surface area contributed by atoms with Gasteiger partial charge in [0.05, 0.1) is 6.54 Å². The third kappa shape index (κ3) is 0.900. The highest BCUT2D eigenvalue weighted by Crippen LogP contribution is 2.25. The number of rotatable bonds is 0. The van der Waals surface area contributed by atoms with Crippen molar-refractivity contribution in [3.63, 3.8) is 0 Å². The van der Waals surface area contributed by atoms with E-state index in [-0.39, 0.29) is 0 Å². The first kappa shape index (κ1) is 6.83. The second-order valence-corrected chi connectivity index (χ2v) is 3.23. The average molecular weight is 171 g/mol. The van der Waals surface area contributed by atoms with Crippen LogP contribution in [0, 0.1) is 0 Å².